The second kappa shape index (κ2) is 8.28. The molecule has 5 aromatic rings. The molecule has 1 N–H and O–H groups in total. The van der Waals surface area contributed by atoms with E-state index in [0.717, 1.165) is 33.7 Å². The molecule has 0 saturated carbocycles. The van der Waals surface area contributed by atoms with Gasteiger partial charge in [-0.2, -0.15) is 0 Å². The number of rotatable bonds is 5. The Bertz CT molecular complexity index is 1250. The minimum Gasteiger partial charge on any atom is -0.325 e. The quantitative estimate of drug-likeness (QED) is 0.405. The monoisotopic (exact) mass is 403 g/mol. The molecular weight excluding hydrogens is 382 g/mol. The molecule has 150 valence electrons. The van der Waals surface area contributed by atoms with E-state index in [4.69, 9.17) is 4.98 Å². The lowest BCUT2D eigenvalue weighted by Crippen LogP contribution is -2.22. The van der Waals surface area contributed by atoms with Crippen molar-refractivity contribution < 1.29 is 4.79 Å². The van der Waals surface area contributed by atoms with Crippen LogP contribution in [-0.2, 0) is 4.79 Å². The molecule has 0 unspecified atom stereocenters. The van der Waals surface area contributed by atoms with E-state index in [1.165, 1.54) is 0 Å². The van der Waals surface area contributed by atoms with Crippen molar-refractivity contribution in [1.29, 1.82) is 0 Å². The average Bonchev–Trinajstić information content (AvgIpc) is 3.25. The molecule has 0 spiro atoms. The number of nitrogens with one attached hydrogen (secondary N) is 1. The highest BCUT2D eigenvalue weighted by molar-refractivity contribution is 6.00. The van der Waals surface area contributed by atoms with Crippen LogP contribution >= 0.6 is 0 Å². The van der Waals surface area contributed by atoms with Crippen LogP contribution in [0, 0.1) is 0 Å². The minimum atomic E-state index is -0.406. The van der Waals surface area contributed by atoms with E-state index in [0.29, 0.717) is 0 Å². The van der Waals surface area contributed by atoms with Gasteiger partial charge in [0.05, 0.1) is 17.3 Å². The van der Waals surface area contributed by atoms with Crippen molar-refractivity contribution in [2.45, 2.75) is 5.92 Å². The van der Waals surface area contributed by atoms with E-state index in [9.17, 15) is 4.79 Å². The Kier molecular flexibility index (Phi) is 5.03. The summed E-state index contributed by atoms with van der Waals surface area (Å²) in [4.78, 5) is 18.3. The van der Waals surface area contributed by atoms with Crippen molar-refractivity contribution in [1.82, 2.24) is 9.38 Å². The van der Waals surface area contributed by atoms with Gasteiger partial charge < -0.3 is 9.72 Å². The number of hydrogen-bond acceptors (Lipinski definition) is 2. The highest BCUT2D eigenvalue weighted by Gasteiger charge is 2.23. The van der Waals surface area contributed by atoms with Gasteiger partial charge in [0.15, 0.2) is 0 Å². The lowest BCUT2D eigenvalue weighted by atomic mass is 9.90. The van der Waals surface area contributed by atoms with Crippen molar-refractivity contribution in [3.05, 3.63) is 127 Å². The molecule has 0 aliphatic heterocycles. The van der Waals surface area contributed by atoms with E-state index in [1.54, 1.807) is 0 Å². The molecule has 0 aliphatic rings. The van der Waals surface area contributed by atoms with Crippen LogP contribution in [0.25, 0.3) is 16.9 Å². The Morgan fingerprint density at radius 2 is 1.35 bits per heavy atom. The van der Waals surface area contributed by atoms with Gasteiger partial charge in [-0.05, 0) is 29.3 Å². The van der Waals surface area contributed by atoms with E-state index < -0.39 is 5.92 Å². The van der Waals surface area contributed by atoms with E-state index in [-0.39, 0.29) is 5.91 Å². The molecule has 3 aromatic carbocycles. The van der Waals surface area contributed by atoms with E-state index >= 15 is 0 Å². The molecule has 0 atom stereocenters. The second-order valence-electron chi connectivity index (χ2n) is 7.38. The number of pyridine rings is 1. The third-order valence-corrected chi connectivity index (χ3v) is 5.35. The normalized spacial score (nSPS) is 11.0. The lowest BCUT2D eigenvalue weighted by Gasteiger charge is -2.19. The van der Waals surface area contributed by atoms with Crippen molar-refractivity contribution in [2.24, 2.45) is 0 Å². The van der Waals surface area contributed by atoms with Gasteiger partial charge in [-0.15, -0.1) is 0 Å². The number of hydrogen-bond donors (Lipinski definition) is 1. The van der Waals surface area contributed by atoms with Crippen molar-refractivity contribution in [3.8, 4) is 11.3 Å². The first-order valence-electron chi connectivity index (χ1n) is 10.2. The number of carbonyl (C=O) groups is 1. The van der Waals surface area contributed by atoms with Crippen LogP contribution in [-0.4, -0.2) is 15.3 Å². The van der Waals surface area contributed by atoms with Crippen molar-refractivity contribution in [3.63, 3.8) is 0 Å². The summed E-state index contributed by atoms with van der Waals surface area (Å²) in [7, 11) is 0. The summed E-state index contributed by atoms with van der Waals surface area (Å²) >= 11 is 0. The van der Waals surface area contributed by atoms with Crippen LogP contribution in [0.3, 0.4) is 0 Å². The first-order chi connectivity index (χ1) is 15.3. The number of amides is 1. The molecule has 0 saturated heterocycles. The predicted molar refractivity (Wildman–Crippen MR) is 124 cm³/mol. The van der Waals surface area contributed by atoms with Crippen molar-refractivity contribution >= 4 is 17.2 Å². The van der Waals surface area contributed by atoms with Gasteiger partial charge in [-0.3, -0.25) is 4.79 Å². The molecule has 31 heavy (non-hydrogen) atoms. The van der Waals surface area contributed by atoms with Crippen LogP contribution < -0.4 is 5.32 Å². The number of anilines is 1. The van der Waals surface area contributed by atoms with E-state index in [2.05, 4.69) is 5.32 Å². The third kappa shape index (κ3) is 3.83. The van der Waals surface area contributed by atoms with Gasteiger partial charge in [0.1, 0.15) is 5.65 Å². The molecule has 0 aliphatic carbocycles. The Labute approximate surface area is 180 Å². The molecule has 2 aromatic heterocycles. The zero-order valence-electron chi connectivity index (χ0n) is 16.8. The van der Waals surface area contributed by atoms with Crippen LogP contribution in [0.4, 0.5) is 5.69 Å². The first kappa shape index (κ1) is 18.8. The van der Waals surface area contributed by atoms with Crippen LogP contribution in [0.2, 0.25) is 0 Å². The van der Waals surface area contributed by atoms with Crippen molar-refractivity contribution in [2.75, 3.05) is 5.32 Å². The fourth-order valence-corrected chi connectivity index (χ4v) is 3.87. The number of aromatic nitrogens is 2. The van der Waals surface area contributed by atoms with Gasteiger partial charge in [-0.25, -0.2) is 4.98 Å². The zero-order valence-corrected chi connectivity index (χ0v) is 16.8. The lowest BCUT2D eigenvalue weighted by molar-refractivity contribution is -0.116. The Hall–Kier alpha value is -4.18. The highest BCUT2D eigenvalue weighted by Crippen LogP contribution is 2.31. The summed E-state index contributed by atoms with van der Waals surface area (Å²) in [5.74, 6) is -0.481. The standard InChI is InChI=1S/C27H21N3O/c31-27(26(20-11-3-1-4-12-20)21-13-5-2-6-14-21)29-23-16-8-7-15-22(23)24-19-30-18-10-9-17-25(30)28-24/h1-19,26H,(H,29,31). The summed E-state index contributed by atoms with van der Waals surface area (Å²) in [5.41, 5.74) is 5.23. The largest absolute Gasteiger partial charge is 0.325 e. The highest BCUT2D eigenvalue weighted by atomic mass is 16.1. The van der Waals surface area contributed by atoms with E-state index in [1.807, 2.05) is 120 Å². The number of fused-ring (bicyclic) bond motifs is 1. The third-order valence-electron chi connectivity index (χ3n) is 5.35. The molecule has 4 heteroatoms. The molecule has 1 amide bonds. The fraction of sp³-hybridized carbons (Fsp3) is 0.0370. The molecule has 0 fully saturated rings. The summed E-state index contributed by atoms with van der Waals surface area (Å²) in [5, 5.41) is 3.16. The molecule has 2 heterocycles. The smallest absolute Gasteiger partial charge is 0.236 e. The van der Waals surface area contributed by atoms with Crippen LogP contribution in [0.1, 0.15) is 17.0 Å². The predicted octanol–water partition coefficient (Wildman–Crippen LogP) is 5.77. The summed E-state index contributed by atoms with van der Waals surface area (Å²) in [6.07, 6.45) is 3.94. The summed E-state index contributed by atoms with van der Waals surface area (Å²) in [6.45, 7) is 0. The number of carbonyl (C=O) groups excluding carboxylic acids is 1. The average molecular weight is 403 g/mol. The van der Waals surface area contributed by atoms with Gasteiger partial charge in [-0.1, -0.05) is 84.9 Å². The Morgan fingerprint density at radius 3 is 2.03 bits per heavy atom. The fourth-order valence-electron chi connectivity index (χ4n) is 3.87. The maximum atomic E-state index is 13.5. The van der Waals surface area contributed by atoms with Gasteiger partial charge >= 0.3 is 0 Å². The maximum absolute atomic E-state index is 13.5. The molecular formula is C27H21N3O. The number of nitrogens with zero attached hydrogens (tertiary/aromatic N) is 2. The molecule has 0 bridgehead atoms. The Morgan fingerprint density at radius 1 is 0.742 bits per heavy atom. The topological polar surface area (TPSA) is 46.4 Å². The number of imidazole rings is 1. The van der Waals surface area contributed by atoms with Gasteiger partial charge in [0, 0.05) is 18.0 Å². The summed E-state index contributed by atoms with van der Waals surface area (Å²) < 4.78 is 1.98. The maximum Gasteiger partial charge on any atom is 0.236 e. The summed E-state index contributed by atoms with van der Waals surface area (Å²) in [6, 6.07) is 33.4. The molecule has 4 nitrogen and oxygen atoms in total. The van der Waals surface area contributed by atoms with Crippen LogP contribution in [0.15, 0.2) is 116 Å². The second-order valence-corrected chi connectivity index (χ2v) is 7.38. The number of benzene rings is 3. The first-order valence-corrected chi connectivity index (χ1v) is 10.2. The SMILES string of the molecule is O=C(Nc1ccccc1-c1cn2ccccc2n1)C(c1ccccc1)c1ccccc1. The van der Waals surface area contributed by atoms with Gasteiger partial charge in [0.2, 0.25) is 5.91 Å². The Balaban J connectivity index is 1.52. The zero-order chi connectivity index (χ0) is 21.0. The minimum absolute atomic E-state index is 0.0754. The molecule has 0 radical (unpaired) electrons. The van der Waals surface area contributed by atoms with Gasteiger partial charge in [0.25, 0.3) is 0 Å². The van der Waals surface area contributed by atoms with Crippen LogP contribution in [0.5, 0.6) is 0 Å². The number of para-hydroxylation sites is 1. The molecule has 5 rings (SSSR count).